The second kappa shape index (κ2) is 6.40. The van der Waals surface area contributed by atoms with Crippen molar-refractivity contribution in [2.45, 2.75) is 6.92 Å². The molecule has 0 saturated carbocycles. The van der Waals surface area contributed by atoms with Gasteiger partial charge in [-0.25, -0.2) is 0 Å². The zero-order valence-corrected chi connectivity index (χ0v) is 12.7. The monoisotopic (exact) mass is 320 g/mol. The minimum atomic E-state index is -0.526. The van der Waals surface area contributed by atoms with Crippen molar-refractivity contribution in [3.63, 3.8) is 0 Å². The summed E-state index contributed by atoms with van der Waals surface area (Å²) in [5, 5.41) is 18.9. The molecule has 0 aliphatic heterocycles. The number of non-ortho nitro benzene ring substituents is 1. The van der Waals surface area contributed by atoms with Crippen molar-refractivity contribution in [1.29, 1.82) is 0 Å². The molecular formula is C14H13ClN4O3. The topological polar surface area (TPSA) is 103 Å². The van der Waals surface area contributed by atoms with Crippen LogP contribution in [0.2, 0.25) is 5.02 Å². The van der Waals surface area contributed by atoms with Gasteiger partial charge in [-0.2, -0.15) is 5.11 Å². The van der Waals surface area contributed by atoms with Gasteiger partial charge in [0, 0.05) is 18.2 Å². The van der Waals surface area contributed by atoms with Gasteiger partial charge in [0.15, 0.2) is 0 Å². The van der Waals surface area contributed by atoms with Crippen LogP contribution in [-0.4, -0.2) is 12.0 Å². The predicted molar refractivity (Wildman–Crippen MR) is 84.4 cm³/mol. The van der Waals surface area contributed by atoms with Gasteiger partial charge in [-0.1, -0.05) is 11.6 Å². The first-order valence-electron chi connectivity index (χ1n) is 6.22. The SMILES string of the molecule is COc1cc(/N=N/c2ccc([N+](=O)[O-])cc2Cl)c(C)cc1N. The van der Waals surface area contributed by atoms with Crippen molar-refractivity contribution in [2.75, 3.05) is 12.8 Å². The van der Waals surface area contributed by atoms with E-state index in [1.165, 1.54) is 25.3 Å². The Morgan fingerprint density at radius 1 is 1.23 bits per heavy atom. The van der Waals surface area contributed by atoms with E-state index >= 15 is 0 Å². The third kappa shape index (κ3) is 3.32. The number of hydrogen-bond donors (Lipinski definition) is 1. The van der Waals surface area contributed by atoms with E-state index in [0.29, 0.717) is 22.8 Å². The number of nitro benzene ring substituents is 1. The van der Waals surface area contributed by atoms with Crippen molar-refractivity contribution in [3.8, 4) is 5.75 Å². The molecule has 0 aromatic heterocycles. The molecule has 0 amide bonds. The summed E-state index contributed by atoms with van der Waals surface area (Å²) in [6.07, 6.45) is 0. The first-order chi connectivity index (χ1) is 10.4. The van der Waals surface area contributed by atoms with Crippen LogP contribution in [0.3, 0.4) is 0 Å². The summed E-state index contributed by atoms with van der Waals surface area (Å²) in [7, 11) is 1.51. The van der Waals surface area contributed by atoms with E-state index in [4.69, 9.17) is 22.1 Å². The highest BCUT2D eigenvalue weighted by atomic mass is 35.5. The van der Waals surface area contributed by atoms with E-state index in [0.717, 1.165) is 5.56 Å². The molecule has 22 heavy (non-hydrogen) atoms. The Morgan fingerprint density at radius 2 is 1.91 bits per heavy atom. The number of ether oxygens (including phenoxy) is 1. The number of anilines is 1. The lowest BCUT2D eigenvalue weighted by Gasteiger charge is -2.07. The lowest BCUT2D eigenvalue weighted by atomic mass is 10.1. The van der Waals surface area contributed by atoms with Crippen molar-refractivity contribution in [2.24, 2.45) is 10.2 Å². The second-order valence-corrected chi connectivity index (χ2v) is 4.88. The molecule has 0 radical (unpaired) electrons. The summed E-state index contributed by atoms with van der Waals surface area (Å²) in [6.45, 7) is 1.83. The van der Waals surface area contributed by atoms with E-state index in [1.54, 1.807) is 12.1 Å². The fourth-order valence-corrected chi connectivity index (χ4v) is 1.99. The Hall–Kier alpha value is -2.67. The number of nitrogen functional groups attached to an aromatic ring is 1. The molecular weight excluding hydrogens is 308 g/mol. The summed E-state index contributed by atoms with van der Waals surface area (Å²) < 4.78 is 5.13. The molecule has 114 valence electrons. The smallest absolute Gasteiger partial charge is 0.271 e. The molecule has 0 aliphatic rings. The standard InChI is InChI=1S/C14H13ClN4O3/c1-8-5-11(16)14(22-2)7-13(8)18-17-12-4-3-9(19(20)21)6-10(12)15/h3-7H,16H2,1-2H3/b18-17+. The van der Waals surface area contributed by atoms with Crippen LogP contribution in [0, 0.1) is 17.0 Å². The largest absolute Gasteiger partial charge is 0.495 e. The summed E-state index contributed by atoms with van der Waals surface area (Å²) in [5.74, 6) is 0.495. The molecule has 2 aromatic rings. The van der Waals surface area contributed by atoms with Gasteiger partial charge in [-0.05, 0) is 24.6 Å². The minimum absolute atomic E-state index is 0.103. The fourth-order valence-electron chi connectivity index (χ4n) is 1.78. The third-order valence-corrected chi connectivity index (χ3v) is 3.26. The van der Waals surface area contributed by atoms with Crippen molar-refractivity contribution in [1.82, 2.24) is 0 Å². The molecule has 0 spiro atoms. The molecule has 0 bridgehead atoms. The van der Waals surface area contributed by atoms with E-state index in [-0.39, 0.29) is 10.7 Å². The quantitative estimate of drug-likeness (QED) is 0.386. The van der Waals surface area contributed by atoms with Crippen LogP contribution < -0.4 is 10.5 Å². The molecule has 2 aromatic carbocycles. The Morgan fingerprint density at radius 3 is 2.50 bits per heavy atom. The Balaban J connectivity index is 2.35. The molecule has 0 fully saturated rings. The summed E-state index contributed by atoms with van der Waals surface area (Å²) in [6, 6.07) is 7.37. The Labute approximate surface area is 131 Å². The highest BCUT2D eigenvalue weighted by Crippen LogP contribution is 2.34. The Kier molecular flexibility index (Phi) is 4.57. The molecule has 0 heterocycles. The van der Waals surface area contributed by atoms with E-state index in [9.17, 15) is 10.1 Å². The molecule has 0 atom stereocenters. The van der Waals surface area contributed by atoms with Gasteiger partial charge in [-0.3, -0.25) is 10.1 Å². The lowest BCUT2D eigenvalue weighted by molar-refractivity contribution is -0.384. The number of aryl methyl sites for hydroxylation is 1. The van der Waals surface area contributed by atoms with Gasteiger partial charge >= 0.3 is 0 Å². The van der Waals surface area contributed by atoms with Crippen LogP contribution in [0.25, 0.3) is 0 Å². The summed E-state index contributed by atoms with van der Waals surface area (Å²) >= 11 is 5.96. The average molecular weight is 321 g/mol. The van der Waals surface area contributed by atoms with Gasteiger partial charge in [-0.15, -0.1) is 5.11 Å². The summed E-state index contributed by atoms with van der Waals surface area (Å²) in [5.41, 5.74) is 7.92. The van der Waals surface area contributed by atoms with Crippen molar-refractivity contribution < 1.29 is 9.66 Å². The van der Waals surface area contributed by atoms with E-state index in [1.807, 2.05) is 6.92 Å². The first-order valence-corrected chi connectivity index (χ1v) is 6.60. The van der Waals surface area contributed by atoms with Gasteiger partial charge in [0.05, 0.1) is 28.4 Å². The van der Waals surface area contributed by atoms with Crippen molar-refractivity contribution >= 4 is 34.4 Å². The van der Waals surface area contributed by atoms with Crippen LogP contribution >= 0.6 is 11.6 Å². The maximum Gasteiger partial charge on any atom is 0.271 e. The molecule has 0 aliphatic carbocycles. The van der Waals surface area contributed by atoms with Gasteiger partial charge in [0.1, 0.15) is 11.4 Å². The molecule has 8 heteroatoms. The maximum absolute atomic E-state index is 10.7. The van der Waals surface area contributed by atoms with Crippen LogP contribution in [-0.2, 0) is 0 Å². The normalized spacial score (nSPS) is 10.9. The third-order valence-electron chi connectivity index (χ3n) is 2.96. The number of nitrogens with two attached hydrogens (primary N) is 1. The van der Waals surface area contributed by atoms with Crippen LogP contribution in [0.15, 0.2) is 40.6 Å². The Bertz CT molecular complexity index is 762. The zero-order valence-electron chi connectivity index (χ0n) is 11.9. The van der Waals surface area contributed by atoms with Crippen LogP contribution in [0.1, 0.15) is 5.56 Å². The number of azo groups is 1. The highest BCUT2D eigenvalue weighted by Gasteiger charge is 2.09. The van der Waals surface area contributed by atoms with Gasteiger partial charge in [0.2, 0.25) is 0 Å². The van der Waals surface area contributed by atoms with Crippen LogP contribution in [0.5, 0.6) is 5.75 Å². The van der Waals surface area contributed by atoms with Gasteiger partial charge < -0.3 is 10.5 Å². The number of benzene rings is 2. The average Bonchev–Trinajstić information content (AvgIpc) is 2.47. The number of rotatable bonds is 4. The molecule has 7 nitrogen and oxygen atoms in total. The molecule has 2 rings (SSSR count). The number of nitrogens with zero attached hydrogens (tertiary/aromatic N) is 3. The van der Waals surface area contributed by atoms with E-state index in [2.05, 4.69) is 10.2 Å². The lowest BCUT2D eigenvalue weighted by Crippen LogP contribution is -1.92. The van der Waals surface area contributed by atoms with Crippen LogP contribution in [0.4, 0.5) is 22.7 Å². The van der Waals surface area contributed by atoms with E-state index < -0.39 is 4.92 Å². The molecule has 0 saturated heterocycles. The second-order valence-electron chi connectivity index (χ2n) is 4.47. The van der Waals surface area contributed by atoms with Crippen molar-refractivity contribution in [3.05, 3.63) is 51.0 Å². The van der Waals surface area contributed by atoms with Gasteiger partial charge in [0.25, 0.3) is 5.69 Å². The molecule has 2 N–H and O–H groups in total. The predicted octanol–water partition coefficient (Wildman–Crippen LogP) is 4.56. The maximum atomic E-state index is 10.7. The first kappa shape index (κ1) is 15.7. The minimum Gasteiger partial charge on any atom is -0.495 e. The number of nitro groups is 1. The highest BCUT2D eigenvalue weighted by molar-refractivity contribution is 6.33. The fraction of sp³-hybridized carbons (Fsp3) is 0.143. The number of methoxy groups -OCH3 is 1. The zero-order chi connectivity index (χ0) is 16.3. The molecule has 0 unspecified atom stereocenters. The summed E-state index contributed by atoms with van der Waals surface area (Å²) in [4.78, 5) is 10.1. The number of hydrogen-bond acceptors (Lipinski definition) is 6. The number of halogens is 1.